The number of rotatable bonds is 7. The summed E-state index contributed by atoms with van der Waals surface area (Å²) in [5, 5.41) is 3.49. The highest BCUT2D eigenvalue weighted by atomic mass is 15.2. The van der Waals surface area contributed by atoms with Crippen LogP contribution < -0.4 is 4.90 Å². The van der Waals surface area contributed by atoms with Gasteiger partial charge in [-0.2, -0.15) is 0 Å². The van der Waals surface area contributed by atoms with Crippen molar-refractivity contribution in [2.75, 3.05) is 46.2 Å². The third-order valence-corrected chi connectivity index (χ3v) is 5.90. The van der Waals surface area contributed by atoms with Crippen LogP contribution in [0.3, 0.4) is 0 Å². The van der Waals surface area contributed by atoms with Gasteiger partial charge in [-0.25, -0.2) is 15.0 Å². The van der Waals surface area contributed by atoms with Gasteiger partial charge in [-0.3, -0.25) is 0 Å². The summed E-state index contributed by atoms with van der Waals surface area (Å²) in [6.45, 7) is 10.4. The normalized spacial score (nSPS) is 12.5. The predicted octanol–water partition coefficient (Wildman–Crippen LogP) is 6.24. The van der Waals surface area contributed by atoms with E-state index in [1.54, 1.807) is 0 Å². The van der Waals surface area contributed by atoms with Gasteiger partial charge in [-0.05, 0) is 56.3 Å². The van der Waals surface area contributed by atoms with Crippen molar-refractivity contribution in [3.8, 4) is 0 Å². The van der Waals surface area contributed by atoms with Gasteiger partial charge >= 0.3 is 0 Å². The summed E-state index contributed by atoms with van der Waals surface area (Å²) in [4.78, 5) is 21.2. The summed E-state index contributed by atoms with van der Waals surface area (Å²) >= 11 is 0. The highest BCUT2D eigenvalue weighted by Gasteiger charge is 2.15. The zero-order valence-electron chi connectivity index (χ0n) is 21.5. The van der Waals surface area contributed by atoms with Gasteiger partial charge < -0.3 is 14.7 Å². The lowest BCUT2D eigenvalue weighted by atomic mass is 10.0. The van der Waals surface area contributed by atoms with Crippen molar-refractivity contribution in [1.82, 2.24) is 14.8 Å². The van der Waals surface area contributed by atoms with Gasteiger partial charge in [-0.1, -0.05) is 26.0 Å². The third kappa shape index (κ3) is 5.62. The summed E-state index contributed by atoms with van der Waals surface area (Å²) in [7, 11) is 8.05. The Morgan fingerprint density at radius 2 is 1.24 bits per heavy atom. The van der Waals surface area contributed by atoms with Crippen LogP contribution in [0, 0.1) is 0 Å². The summed E-state index contributed by atoms with van der Waals surface area (Å²) in [5.41, 5.74) is 2.85. The fourth-order valence-electron chi connectivity index (χ4n) is 3.78. The number of pyridine rings is 1. The maximum Gasteiger partial charge on any atom is 0.137 e. The van der Waals surface area contributed by atoms with E-state index in [0.717, 1.165) is 71.1 Å². The van der Waals surface area contributed by atoms with Crippen molar-refractivity contribution in [2.24, 2.45) is 9.98 Å². The SMILES string of the molecule is CCCN(CCC)c1nc2cc(/N=C(\C)N(C)C)ccc2c2ccc(/N=C(\C)N(C)C)cc12. The first kappa shape index (κ1) is 24.5. The summed E-state index contributed by atoms with van der Waals surface area (Å²) in [6.07, 6.45) is 2.15. The zero-order valence-corrected chi connectivity index (χ0v) is 21.5. The highest BCUT2D eigenvalue weighted by Crippen LogP contribution is 2.35. The minimum Gasteiger partial charge on any atom is -0.366 e. The number of hydrogen-bond acceptors (Lipinski definition) is 4. The van der Waals surface area contributed by atoms with Crippen molar-refractivity contribution in [3.63, 3.8) is 0 Å². The number of benzene rings is 2. The van der Waals surface area contributed by atoms with Crippen LogP contribution in [-0.2, 0) is 0 Å². The summed E-state index contributed by atoms with van der Waals surface area (Å²) in [6, 6.07) is 12.8. The van der Waals surface area contributed by atoms with E-state index >= 15 is 0 Å². The summed E-state index contributed by atoms with van der Waals surface area (Å²) in [5.74, 6) is 2.97. The van der Waals surface area contributed by atoms with Gasteiger partial charge in [0.05, 0.1) is 16.9 Å². The average Bonchev–Trinajstić information content (AvgIpc) is 2.78. The fraction of sp³-hybridized carbons (Fsp3) is 0.444. The summed E-state index contributed by atoms with van der Waals surface area (Å²) < 4.78 is 0. The monoisotopic (exact) mass is 446 g/mol. The van der Waals surface area contributed by atoms with Crippen molar-refractivity contribution in [1.29, 1.82) is 0 Å². The molecule has 0 aliphatic carbocycles. The van der Waals surface area contributed by atoms with Crippen molar-refractivity contribution in [2.45, 2.75) is 40.5 Å². The van der Waals surface area contributed by atoms with Gasteiger partial charge in [0.2, 0.25) is 0 Å². The van der Waals surface area contributed by atoms with Crippen molar-refractivity contribution < 1.29 is 0 Å². The Morgan fingerprint density at radius 3 is 1.76 bits per heavy atom. The lowest BCUT2D eigenvalue weighted by molar-refractivity contribution is 0.619. The highest BCUT2D eigenvalue weighted by molar-refractivity contribution is 6.11. The molecule has 6 nitrogen and oxygen atoms in total. The van der Waals surface area contributed by atoms with Crippen LogP contribution in [0.15, 0.2) is 46.4 Å². The second kappa shape index (κ2) is 10.6. The van der Waals surface area contributed by atoms with Crippen LogP contribution >= 0.6 is 0 Å². The van der Waals surface area contributed by atoms with Crippen LogP contribution in [0.5, 0.6) is 0 Å². The molecule has 6 heteroatoms. The van der Waals surface area contributed by atoms with E-state index < -0.39 is 0 Å². The number of hydrogen-bond donors (Lipinski definition) is 0. The van der Waals surface area contributed by atoms with Crippen LogP contribution in [-0.4, -0.2) is 67.7 Å². The number of amidine groups is 2. The van der Waals surface area contributed by atoms with E-state index in [-0.39, 0.29) is 0 Å². The molecule has 0 saturated heterocycles. The van der Waals surface area contributed by atoms with E-state index in [0.29, 0.717) is 0 Å². The third-order valence-electron chi connectivity index (χ3n) is 5.90. The van der Waals surface area contributed by atoms with Gasteiger partial charge in [0.15, 0.2) is 0 Å². The number of aliphatic imine (C=N–C) groups is 2. The van der Waals surface area contributed by atoms with Gasteiger partial charge in [0.1, 0.15) is 17.5 Å². The largest absolute Gasteiger partial charge is 0.366 e. The van der Waals surface area contributed by atoms with E-state index in [4.69, 9.17) is 15.0 Å². The molecule has 0 atom stereocenters. The Kier molecular flexibility index (Phi) is 7.90. The molecule has 0 radical (unpaired) electrons. The number of aromatic nitrogens is 1. The van der Waals surface area contributed by atoms with Gasteiger partial charge in [0.25, 0.3) is 0 Å². The molecule has 0 fully saturated rings. The van der Waals surface area contributed by atoms with Crippen molar-refractivity contribution >= 4 is 50.5 Å². The Morgan fingerprint density at radius 1 is 0.727 bits per heavy atom. The van der Waals surface area contributed by atoms with Crippen LogP contribution in [0.2, 0.25) is 0 Å². The molecule has 1 aromatic heterocycles. The van der Waals surface area contributed by atoms with Crippen LogP contribution in [0.4, 0.5) is 17.2 Å². The molecule has 0 spiro atoms. The molecule has 3 aromatic rings. The Hall–Kier alpha value is -3.15. The van der Waals surface area contributed by atoms with Gasteiger partial charge in [-0.15, -0.1) is 0 Å². The lowest BCUT2D eigenvalue weighted by Gasteiger charge is -2.25. The fourth-order valence-corrected chi connectivity index (χ4v) is 3.78. The molecule has 2 aromatic carbocycles. The maximum atomic E-state index is 5.19. The van der Waals surface area contributed by atoms with E-state index in [1.807, 2.05) is 51.8 Å². The smallest absolute Gasteiger partial charge is 0.137 e. The molecular weight excluding hydrogens is 408 g/mol. The minimum atomic E-state index is 0.923. The molecule has 1 heterocycles. The van der Waals surface area contributed by atoms with Crippen LogP contribution in [0.25, 0.3) is 21.7 Å². The topological polar surface area (TPSA) is 47.3 Å². The van der Waals surface area contributed by atoms with Crippen molar-refractivity contribution in [3.05, 3.63) is 36.4 Å². The van der Waals surface area contributed by atoms with E-state index in [9.17, 15) is 0 Å². The average molecular weight is 447 g/mol. The zero-order chi connectivity index (χ0) is 24.1. The van der Waals surface area contributed by atoms with E-state index in [2.05, 4.69) is 55.1 Å². The quantitative estimate of drug-likeness (QED) is 0.245. The molecule has 0 aliphatic rings. The molecule has 3 rings (SSSR count). The standard InChI is InChI=1S/C27H38N6/c1-9-15-33(16-10-2)27-25-17-21(28-19(3)31(5)6)11-13-23(25)24-14-12-22(18-26(24)30-27)29-20(4)32(7)8/h11-14,17-18H,9-10,15-16H2,1-8H3/b28-19+,29-20+. The predicted molar refractivity (Wildman–Crippen MR) is 145 cm³/mol. The number of anilines is 1. The Balaban J connectivity index is 2.28. The first-order chi connectivity index (χ1) is 15.7. The molecule has 0 saturated carbocycles. The second-order valence-electron chi connectivity index (χ2n) is 8.96. The molecule has 0 N–H and O–H groups in total. The Bertz CT molecular complexity index is 1170. The second-order valence-corrected chi connectivity index (χ2v) is 8.96. The molecule has 0 aliphatic heterocycles. The van der Waals surface area contributed by atoms with Crippen LogP contribution in [0.1, 0.15) is 40.5 Å². The first-order valence-corrected chi connectivity index (χ1v) is 11.8. The lowest BCUT2D eigenvalue weighted by Crippen LogP contribution is -2.26. The minimum absolute atomic E-state index is 0.923. The molecular formula is C27H38N6. The molecule has 33 heavy (non-hydrogen) atoms. The Labute approximate surface area is 198 Å². The number of nitrogens with zero attached hydrogens (tertiary/aromatic N) is 6. The first-order valence-electron chi connectivity index (χ1n) is 11.8. The van der Waals surface area contributed by atoms with Gasteiger partial charge in [0, 0.05) is 52.1 Å². The molecule has 0 unspecified atom stereocenters. The maximum absolute atomic E-state index is 5.19. The number of fused-ring (bicyclic) bond motifs is 3. The van der Waals surface area contributed by atoms with E-state index in [1.165, 1.54) is 5.39 Å². The molecule has 0 bridgehead atoms. The molecule has 0 amide bonds. The molecule has 176 valence electrons.